The van der Waals surface area contributed by atoms with Gasteiger partial charge in [-0.15, -0.1) is 16.4 Å². The number of aryl methyl sites for hydroxylation is 1. The summed E-state index contributed by atoms with van der Waals surface area (Å²) in [6, 6.07) is 8.24. The van der Waals surface area contributed by atoms with Gasteiger partial charge in [0.15, 0.2) is 0 Å². The van der Waals surface area contributed by atoms with Crippen molar-refractivity contribution in [2.45, 2.75) is 25.9 Å². The standard InChI is InChI=1S/C26H25F3N6O2S/c1-17-4-5-18(10-23(17)35-15-22(32-33-35)24-14-30-16-38-24)25(36)31-20-11-19(26(27,28)29)12-21(13-20)37-9-8-34-6-2-3-7-34/h4-5,10-16H,2-3,6-9H2,1H3,(H,31,36). The van der Waals surface area contributed by atoms with Crippen molar-refractivity contribution in [1.82, 2.24) is 24.9 Å². The van der Waals surface area contributed by atoms with Crippen LogP contribution in [0.5, 0.6) is 5.75 Å². The average molecular weight is 543 g/mol. The number of amides is 1. The van der Waals surface area contributed by atoms with E-state index >= 15 is 0 Å². The van der Waals surface area contributed by atoms with Gasteiger partial charge in [0.05, 0.1) is 27.8 Å². The van der Waals surface area contributed by atoms with Gasteiger partial charge in [-0.2, -0.15) is 13.2 Å². The number of likely N-dealkylation sites (tertiary alicyclic amines) is 1. The number of hydrogen-bond donors (Lipinski definition) is 1. The molecular weight excluding hydrogens is 517 g/mol. The normalized spacial score (nSPS) is 14.1. The van der Waals surface area contributed by atoms with Gasteiger partial charge in [-0.05, 0) is 62.7 Å². The summed E-state index contributed by atoms with van der Waals surface area (Å²) in [5.74, 6) is -0.506. The molecule has 4 aromatic rings. The SMILES string of the molecule is Cc1ccc(C(=O)Nc2cc(OCCN3CCCC3)cc(C(F)(F)F)c2)cc1-n1cc(-c2cncs2)nn1. The topological polar surface area (TPSA) is 85.2 Å². The van der Waals surface area contributed by atoms with Gasteiger partial charge < -0.3 is 10.1 Å². The number of carbonyl (C=O) groups is 1. The highest BCUT2D eigenvalue weighted by Crippen LogP contribution is 2.34. The fourth-order valence-electron chi connectivity index (χ4n) is 4.25. The second-order valence-electron chi connectivity index (χ2n) is 9.01. The van der Waals surface area contributed by atoms with Crippen molar-refractivity contribution in [3.8, 4) is 22.0 Å². The number of benzene rings is 2. The first-order valence-electron chi connectivity index (χ1n) is 12.1. The van der Waals surface area contributed by atoms with Crippen LogP contribution in [0.3, 0.4) is 0 Å². The van der Waals surface area contributed by atoms with Crippen molar-refractivity contribution in [2.75, 3.05) is 31.6 Å². The maximum absolute atomic E-state index is 13.6. The Bertz CT molecular complexity index is 1410. The molecule has 0 unspecified atom stereocenters. The monoisotopic (exact) mass is 542 g/mol. The van der Waals surface area contributed by atoms with Gasteiger partial charge >= 0.3 is 6.18 Å². The molecule has 0 aliphatic carbocycles. The molecule has 0 atom stereocenters. The zero-order chi connectivity index (χ0) is 26.7. The quantitative estimate of drug-likeness (QED) is 0.319. The number of ether oxygens (including phenoxy) is 1. The summed E-state index contributed by atoms with van der Waals surface area (Å²) in [5.41, 5.74) is 3.16. The fourth-order valence-corrected chi connectivity index (χ4v) is 4.83. The molecule has 1 aliphatic heterocycles. The second kappa shape index (κ2) is 10.9. The molecule has 0 saturated carbocycles. The molecule has 5 rings (SSSR count). The van der Waals surface area contributed by atoms with E-state index in [1.165, 1.54) is 17.4 Å². The number of rotatable bonds is 8. The summed E-state index contributed by atoms with van der Waals surface area (Å²) in [6.07, 6.45) is 1.06. The number of halogens is 3. The maximum atomic E-state index is 13.6. The molecular formula is C26H25F3N6O2S. The molecule has 12 heteroatoms. The molecule has 1 saturated heterocycles. The Kier molecular flexibility index (Phi) is 7.43. The second-order valence-corrected chi connectivity index (χ2v) is 9.90. The van der Waals surface area contributed by atoms with Gasteiger partial charge in [0.1, 0.15) is 18.1 Å². The van der Waals surface area contributed by atoms with Crippen LogP contribution < -0.4 is 10.1 Å². The highest BCUT2D eigenvalue weighted by Gasteiger charge is 2.32. The third-order valence-corrected chi connectivity index (χ3v) is 7.06. The Morgan fingerprint density at radius 2 is 1.97 bits per heavy atom. The van der Waals surface area contributed by atoms with Crippen molar-refractivity contribution in [2.24, 2.45) is 0 Å². The number of nitrogens with zero attached hydrogens (tertiary/aromatic N) is 5. The first-order valence-corrected chi connectivity index (χ1v) is 13.0. The zero-order valence-electron chi connectivity index (χ0n) is 20.5. The van der Waals surface area contributed by atoms with Gasteiger partial charge in [0.25, 0.3) is 5.91 Å². The minimum absolute atomic E-state index is 0.00337. The number of thiazole rings is 1. The summed E-state index contributed by atoms with van der Waals surface area (Å²) in [7, 11) is 0. The van der Waals surface area contributed by atoms with Crippen molar-refractivity contribution in [3.05, 3.63) is 71.0 Å². The van der Waals surface area contributed by atoms with Crippen LogP contribution in [-0.4, -0.2) is 57.0 Å². The third kappa shape index (κ3) is 6.03. The summed E-state index contributed by atoms with van der Waals surface area (Å²) < 4.78 is 47.9. The molecule has 2 aromatic carbocycles. The van der Waals surface area contributed by atoms with Crippen LogP contribution in [-0.2, 0) is 6.18 Å². The van der Waals surface area contributed by atoms with Gasteiger partial charge in [0, 0.05) is 30.1 Å². The first-order chi connectivity index (χ1) is 18.3. The maximum Gasteiger partial charge on any atom is 0.416 e. The number of nitrogens with one attached hydrogen (secondary N) is 1. The van der Waals surface area contributed by atoms with Gasteiger partial charge in [-0.3, -0.25) is 14.7 Å². The molecule has 1 aliphatic rings. The molecule has 1 N–H and O–H groups in total. The van der Waals surface area contributed by atoms with Crippen molar-refractivity contribution in [1.29, 1.82) is 0 Å². The Labute approximate surface area is 221 Å². The van der Waals surface area contributed by atoms with E-state index < -0.39 is 17.6 Å². The smallest absolute Gasteiger partial charge is 0.416 e. The predicted octanol–water partition coefficient (Wildman–Crippen LogP) is 5.44. The van der Waals surface area contributed by atoms with E-state index in [1.807, 2.05) is 6.92 Å². The predicted molar refractivity (Wildman–Crippen MR) is 138 cm³/mol. The third-order valence-electron chi connectivity index (χ3n) is 6.26. The van der Waals surface area contributed by atoms with Crippen molar-refractivity contribution < 1.29 is 22.7 Å². The molecule has 0 radical (unpaired) electrons. The average Bonchev–Trinajstić information content (AvgIpc) is 3.66. The number of alkyl halides is 3. The summed E-state index contributed by atoms with van der Waals surface area (Å²) in [5, 5.41) is 10.9. The van der Waals surface area contributed by atoms with Crippen LogP contribution in [0.2, 0.25) is 0 Å². The molecule has 3 heterocycles. The van der Waals surface area contributed by atoms with Gasteiger partial charge in [0.2, 0.25) is 0 Å². The van der Waals surface area contributed by atoms with Crippen molar-refractivity contribution in [3.63, 3.8) is 0 Å². The van der Waals surface area contributed by atoms with Crippen LogP contribution in [0, 0.1) is 6.92 Å². The van der Waals surface area contributed by atoms with Crippen LogP contribution in [0.15, 0.2) is 54.3 Å². The van der Waals surface area contributed by atoms with Crippen molar-refractivity contribution >= 4 is 22.9 Å². The fraction of sp³-hybridized carbons (Fsp3) is 0.308. The van der Waals surface area contributed by atoms with E-state index in [-0.39, 0.29) is 23.6 Å². The molecule has 8 nitrogen and oxygen atoms in total. The Hall–Kier alpha value is -3.77. The minimum Gasteiger partial charge on any atom is -0.492 e. The van der Waals surface area contributed by atoms with E-state index in [0.717, 1.165) is 48.5 Å². The Morgan fingerprint density at radius 1 is 1.16 bits per heavy atom. The lowest BCUT2D eigenvalue weighted by Gasteiger charge is -2.17. The largest absolute Gasteiger partial charge is 0.492 e. The molecule has 2 aromatic heterocycles. The molecule has 198 valence electrons. The lowest BCUT2D eigenvalue weighted by atomic mass is 10.1. The number of carbonyl (C=O) groups excluding carboxylic acids is 1. The van der Waals surface area contributed by atoms with E-state index in [0.29, 0.717) is 17.9 Å². The molecule has 38 heavy (non-hydrogen) atoms. The minimum atomic E-state index is -4.59. The van der Waals surface area contributed by atoms with E-state index in [4.69, 9.17) is 4.74 Å². The first kappa shape index (κ1) is 25.9. The summed E-state index contributed by atoms with van der Waals surface area (Å²) in [6.45, 7) is 4.69. The molecule has 0 bridgehead atoms. The van der Waals surface area contributed by atoms with Crippen LogP contribution in [0.25, 0.3) is 16.3 Å². The van der Waals surface area contributed by atoms with Crippen LogP contribution >= 0.6 is 11.3 Å². The van der Waals surface area contributed by atoms with E-state index in [9.17, 15) is 18.0 Å². The number of hydrogen-bond acceptors (Lipinski definition) is 7. The lowest BCUT2D eigenvalue weighted by molar-refractivity contribution is -0.137. The lowest BCUT2D eigenvalue weighted by Crippen LogP contribution is -2.25. The highest BCUT2D eigenvalue weighted by molar-refractivity contribution is 7.13. The Balaban J connectivity index is 1.34. The molecule has 0 spiro atoms. The summed E-state index contributed by atoms with van der Waals surface area (Å²) >= 11 is 1.43. The van der Waals surface area contributed by atoms with Crippen LogP contribution in [0.4, 0.5) is 18.9 Å². The van der Waals surface area contributed by atoms with Gasteiger partial charge in [-0.25, -0.2) is 4.68 Å². The number of aromatic nitrogens is 4. The molecule has 1 amide bonds. The number of anilines is 1. The van der Waals surface area contributed by atoms with E-state index in [2.05, 4.69) is 25.5 Å². The molecule has 1 fully saturated rings. The Morgan fingerprint density at radius 3 is 2.71 bits per heavy atom. The van der Waals surface area contributed by atoms with E-state index in [1.54, 1.807) is 40.8 Å². The zero-order valence-corrected chi connectivity index (χ0v) is 21.3. The highest BCUT2D eigenvalue weighted by atomic mass is 32.1. The summed E-state index contributed by atoms with van der Waals surface area (Å²) in [4.78, 5) is 20.2. The van der Waals surface area contributed by atoms with Gasteiger partial charge in [-0.1, -0.05) is 11.3 Å². The van der Waals surface area contributed by atoms with Crippen LogP contribution in [0.1, 0.15) is 34.3 Å².